The molecule has 0 radical (unpaired) electrons. The quantitative estimate of drug-likeness (QED) is 0.714. The van der Waals surface area contributed by atoms with E-state index < -0.39 is 0 Å². The van der Waals surface area contributed by atoms with Crippen LogP contribution < -0.4 is 0 Å². The number of aromatic nitrogens is 2. The molecule has 0 bridgehead atoms. The number of nitrogens with zero attached hydrogens (tertiary/aromatic N) is 3. The van der Waals surface area contributed by atoms with Gasteiger partial charge in [0.2, 0.25) is 0 Å². The first-order valence-corrected chi connectivity index (χ1v) is 4.04. The summed E-state index contributed by atoms with van der Waals surface area (Å²) in [4.78, 5) is 3.18. The highest BCUT2D eigenvalue weighted by atomic mass is 79.9. The zero-order valence-corrected chi connectivity index (χ0v) is 8.05. The predicted octanol–water partition coefficient (Wildman–Crippen LogP) is 2.28. The van der Waals surface area contributed by atoms with Gasteiger partial charge >= 0.3 is 6.67 Å². The van der Waals surface area contributed by atoms with Gasteiger partial charge in [-0.3, -0.25) is 4.85 Å². The van der Waals surface area contributed by atoms with Crippen molar-refractivity contribution in [1.82, 2.24) is 9.78 Å². The Hall–Kier alpha value is -0.340. The van der Waals surface area contributed by atoms with E-state index in [2.05, 4.69) is 41.8 Å². The van der Waals surface area contributed by atoms with Gasteiger partial charge in [-0.25, -0.2) is 6.57 Å². The van der Waals surface area contributed by atoms with Crippen LogP contribution in [0.2, 0.25) is 0 Å². The maximum Gasteiger partial charge on any atom is 0.308 e. The van der Waals surface area contributed by atoms with Crippen LogP contribution in [0.1, 0.15) is 0 Å². The molecule has 52 valence electrons. The summed E-state index contributed by atoms with van der Waals surface area (Å²) < 4.78 is 3.12. The van der Waals surface area contributed by atoms with Gasteiger partial charge in [0, 0.05) is 6.07 Å². The Kier molecular flexibility index (Phi) is 2.46. The minimum Gasteiger partial charge on any atom is -0.291 e. The van der Waals surface area contributed by atoms with E-state index in [0.29, 0.717) is 0 Å². The molecule has 10 heavy (non-hydrogen) atoms. The minimum absolute atomic E-state index is 0.256. The van der Waals surface area contributed by atoms with Gasteiger partial charge in [-0.15, -0.1) is 0 Å². The minimum atomic E-state index is 0.256. The van der Waals surface area contributed by atoms with Gasteiger partial charge in [0.05, 0.1) is 0 Å². The normalized spacial score (nSPS) is 9.30. The zero-order chi connectivity index (χ0) is 7.56. The van der Waals surface area contributed by atoms with E-state index >= 15 is 0 Å². The molecule has 1 heterocycles. The molecule has 0 atom stereocenters. The monoisotopic (exact) mass is 263 g/mol. The van der Waals surface area contributed by atoms with Crippen molar-refractivity contribution in [2.45, 2.75) is 6.67 Å². The summed E-state index contributed by atoms with van der Waals surface area (Å²) in [5.41, 5.74) is 0. The SMILES string of the molecule is [C-]#[N+]Cn1nc(Br)cc1Br. The van der Waals surface area contributed by atoms with Crippen LogP contribution in [-0.2, 0) is 6.67 Å². The summed E-state index contributed by atoms with van der Waals surface area (Å²) in [5, 5.41) is 3.97. The average Bonchev–Trinajstić information content (AvgIpc) is 2.13. The highest BCUT2D eigenvalue weighted by molar-refractivity contribution is 9.11. The molecule has 0 aliphatic rings. The molecule has 0 unspecified atom stereocenters. The number of hydrogen-bond donors (Lipinski definition) is 0. The second-order valence-corrected chi connectivity index (χ2v) is 3.21. The Balaban J connectivity index is 2.94. The molecular weight excluding hydrogens is 262 g/mol. The van der Waals surface area contributed by atoms with Crippen LogP contribution in [0.25, 0.3) is 4.85 Å². The number of hydrogen-bond acceptors (Lipinski definition) is 1. The lowest BCUT2D eigenvalue weighted by atomic mass is 10.7. The van der Waals surface area contributed by atoms with Crippen LogP contribution in [0.3, 0.4) is 0 Å². The smallest absolute Gasteiger partial charge is 0.291 e. The maximum absolute atomic E-state index is 6.57. The van der Waals surface area contributed by atoms with Gasteiger partial charge in [0.15, 0.2) is 0 Å². The van der Waals surface area contributed by atoms with Crippen molar-refractivity contribution >= 4 is 31.9 Å². The summed E-state index contributed by atoms with van der Waals surface area (Å²) in [6.07, 6.45) is 0. The third kappa shape index (κ3) is 1.58. The van der Waals surface area contributed by atoms with Crippen molar-refractivity contribution in [3.05, 3.63) is 26.7 Å². The first kappa shape index (κ1) is 7.76. The Bertz CT molecular complexity index is 273. The Labute approximate surface area is 75.1 Å². The lowest BCUT2D eigenvalue weighted by molar-refractivity contribution is 0.678. The van der Waals surface area contributed by atoms with E-state index in [9.17, 15) is 0 Å². The summed E-state index contributed by atoms with van der Waals surface area (Å²) in [6, 6.07) is 1.80. The average molecular weight is 265 g/mol. The highest BCUT2D eigenvalue weighted by Gasteiger charge is 2.02. The fourth-order valence-electron chi connectivity index (χ4n) is 0.531. The first-order chi connectivity index (χ1) is 4.74. The molecule has 0 aliphatic heterocycles. The maximum atomic E-state index is 6.57. The van der Waals surface area contributed by atoms with Gasteiger partial charge in [-0.05, 0) is 31.9 Å². The fraction of sp³-hybridized carbons (Fsp3) is 0.200. The van der Waals surface area contributed by atoms with Crippen molar-refractivity contribution in [3.63, 3.8) is 0 Å². The third-order valence-electron chi connectivity index (χ3n) is 0.906. The Morgan fingerprint density at radius 1 is 1.70 bits per heavy atom. The molecule has 0 aliphatic carbocycles. The lowest BCUT2D eigenvalue weighted by Gasteiger charge is -1.88. The molecule has 3 nitrogen and oxygen atoms in total. The van der Waals surface area contributed by atoms with Gasteiger partial charge in [-0.1, -0.05) is 0 Å². The Morgan fingerprint density at radius 2 is 2.40 bits per heavy atom. The molecule has 1 rings (SSSR count). The summed E-state index contributed by atoms with van der Waals surface area (Å²) in [5.74, 6) is 0. The second-order valence-electron chi connectivity index (χ2n) is 1.59. The highest BCUT2D eigenvalue weighted by Crippen LogP contribution is 2.15. The van der Waals surface area contributed by atoms with E-state index in [1.165, 1.54) is 0 Å². The lowest BCUT2D eigenvalue weighted by Crippen LogP contribution is -1.95. The van der Waals surface area contributed by atoms with E-state index in [0.717, 1.165) is 9.21 Å². The van der Waals surface area contributed by atoms with Crippen LogP contribution in [0, 0.1) is 6.57 Å². The molecule has 0 saturated heterocycles. The van der Waals surface area contributed by atoms with E-state index in [1.807, 2.05) is 0 Å². The summed E-state index contributed by atoms with van der Waals surface area (Å²) in [7, 11) is 0. The molecule has 0 fully saturated rings. The van der Waals surface area contributed by atoms with Gasteiger partial charge < -0.3 is 0 Å². The molecule has 5 heteroatoms. The first-order valence-electron chi connectivity index (χ1n) is 2.46. The molecule has 1 aromatic heterocycles. The summed E-state index contributed by atoms with van der Waals surface area (Å²) >= 11 is 6.43. The standard InChI is InChI=1S/C5H3Br2N3/c1-8-3-10-5(7)2-4(6)9-10/h2H,3H2. The summed E-state index contributed by atoms with van der Waals surface area (Å²) in [6.45, 7) is 6.83. The van der Waals surface area contributed by atoms with E-state index in [1.54, 1.807) is 10.7 Å². The number of rotatable bonds is 1. The van der Waals surface area contributed by atoms with Crippen molar-refractivity contribution in [2.24, 2.45) is 0 Å². The largest absolute Gasteiger partial charge is 0.308 e. The molecule has 0 spiro atoms. The molecule has 0 saturated carbocycles. The van der Waals surface area contributed by atoms with Crippen molar-refractivity contribution in [1.29, 1.82) is 0 Å². The molecule has 0 N–H and O–H groups in total. The molecule has 0 amide bonds. The van der Waals surface area contributed by atoms with Gasteiger partial charge in [0.25, 0.3) is 0 Å². The molecule has 0 aromatic carbocycles. The third-order valence-corrected chi connectivity index (χ3v) is 1.93. The van der Waals surface area contributed by atoms with E-state index in [4.69, 9.17) is 6.57 Å². The van der Waals surface area contributed by atoms with Gasteiger partial charge in [-0.2, -0.15) is 9.78 Å². The molecule has 1 aromatic rings. The predicted molar refractivity (Wildman–Crippen MR) is 44.2 cm³/mol. The van der Waals surface area contributed by atoms with Crippen molar-refractivity contribution in [3.8, 4) is 0 Å². The zero-order valence-electron chi connectivity index (χ0n) is 4.88. The topological polar surface area (TPSA) is 22.2 Å². The molecular formula is C5H3Br2N3. The fourth-order valence-corrected chi connectivity index (χ4v) is 1.65. The van der Waals surface area contributed by atoms with Crippen LogP contribution in [0.4, 0.5) is 0 Å². The van der Waals surface area contributed by atoms with Crippen LogP contribution >= 0.6 is 31.9 Å². The number of halogens is 2. The van der Waals surface area contributed by atoms with Crippen LogP contribution in [0.15, 0.2) is 15.3 Å². The second kappa shape index (κ2) is 3.17. The van der Waals surface area contributed by atoms with Crippen molar-refractivity contribution < 1.29 is 0 Å². The van der Waals surface area contributed by atoms with Crippen LogP contribution in [-0.4, -0.2) is 9.78 Å². The Morgan fingerprint density at radius 3 is 2.80 bits per heavy atom. The van der Waals surface area contributed by atoms with Crippen molar-refractivity contribution in [2.75, 3.05) is 0 Å². The van der Waals surface area contributed by atoms with E-state index in [-0.39, 0.29) is 6.67 Å². The van der Waals surface area contributed by atoms with Gasteiger partial charge in [0.1, 0.15) is 9.21 Å². The van der Waals surface area contributed by atoms with Crippen LogP contribution in [0.5, 0.6) is 0 Å².